The zero-order valence-corrected chi connectivity index (χ0v) is 25.5. The van der Waals surface area contributed by atoms with E-state index >= 15 is 0 Å². The highest BCUT2D eigenvalue weighted by Gasteiger charge is 2.31. The number of pyridine rings is 2. The number of hydrazone groups is 1. The Morgan fingerprint density at radius 3 is 2.52 bits per heavy atom. The van der Waals surface area contributed by atoms with E-state index in [-0.39, 0.29) is 58.4 Å². The number of amides is 3. The van der Waals surface area contributed by atoms with Gasteiger partial charge in [0.1, 0.15) is 23.8 Å². The zero-order chi connectivity index (χ0) is 31.8. The normalized spacial score (nSPS) is 17.8. The van der Waals surface area contributed by atoms with Crippen molar-refractivity contribution in [2.75, 3.05) is 38.8 Å². The van der Waals surface area contributed by atoms with Crippen LogP contribution in [0.25, 0.3) is 11.1 Å². The molecule has 3 aliphatic rings. The fourth-order valence-corrected chi connectivity index (χ4v) is 5.17. The van der Waals surface area contributed by atoms with E-state index in [1.54, 1.807) is 0 Å². The maximum absolute atomic E-state index is 13.6. The summed E-state index contributed by atoms with van der Waals surface area (Å²) in [5.74, 6) is 5.96. The Labute approximate surface area is 257 Å². The first-order valence-corrected chi connectivity index (χ1v) is 14.9. The van der Waals surface area contributed by atoms with Crippen LogP contribution < -0.4 is 20.4 Å². The number of alkyl halides is 2. The van der Waals surface area contributed by atoms with Crippen molar-refractivity contribution >= 4 is 40.7 Å². The second-order valence-electron chi connectivity index (χ2n) is 9.55. The standard InChI is InChI=1S/C27H27F2N7O5S.C2H6/c1-40-20-13-30-19(24(28)29)10-17(20)16-11-21(36-9-8-35(14-23(36)37)27(39)41-2)31-12-18(16)25(38)32-26-34-33-22(42-26)7-6-15-4-3-5-15;1-2/h10-13,15,22,24,33H,3-5,8-9,14H2,1-2H3,(H,32,34,38);1-2H3. The molecule has 234 valence electrons. The Balaban J connectivity index is 0.00000216. The van der Waals surface area contributed by atoms with E-state index in [0.717, 1.165) is 25.1 Å². The van der Waals surface area contributed by atoms with Crippen molar-refractivity contribution in [1.29, 1.82) is 0 Å². The van der Waals surface area contributed by atoms with Crippen LogP contribution in [0.4, 0.5) is 19.4 Å². The second kappa shape index (κ2) is 14.8. The number of ether oxygens (including phenoxy) is 2. The first-order valence-electron chi connectivity index (χ1n) is 14.1. The van der Waals surface area contributed by atoms with Crippen molar-refractivity contribution in [3.8, 4) is 28.7 Å². The van der Waals surface area contributed by atoms with E-state index in [4.69, 9.17) is 9.47 Å². The predicted octanol–water partition coefficient (Wildman–Crippen LogP) is 4.00. The Morgan fingerprint density at radius 2 is 1.89 bits per heavy atom. The summed E-state index contributed by atoms with van der Waals surface area (Å²) in [6.45, 7) is 4.04. The lowest BCUT2D eigenvalue weighted by Crippen LogP contribution is -2.52. The van der Waals surface area contributed by atoms with E-state index in [0.29, 0.717) is 5.92 Å². The number of aromatic nitrogens is 2. The predicted molar refractivity (Wildman–Crippen MR) is 161 cm³/mol. The molecule has 1 aliphatic carbocycles. The van der Waals surface area contributed by atoms with Gasteiger partial charge in [0.15, 0.2) is 10.5 Å². The van der Waals surface area contributed by atoms with Crippen LogP contribution in [0.1, 0.15) is 55.6 Å². The van der Waals surface area contributed by atoms with Gasteiger partial charge < -0.3 is 9.47 Å². The fraction of sp³-hybridized carbons (Fsp3) is 0.448. The number of nitrogens with one attached hydrogen (secondary N) is 2. The fourth-order valence-electron chi connectivity index (χ4n) is 4.46. The number of carbonyl (C=O) groups excluding carboxylic acids is 3. The summed E-state index contributed by atoms with van der Waals surface area (Å²) in [6.07, 6.45) is 2.22. The van der Waals surface area contributed by atoms with Gasteiger partial charge in [-0.3, -0.25) is 35.1 Å². The van der Waals surface area contributed by atoms with Crippen molar-refractivity contribution in [3.05, 3.63) is 35.8 Å². The molecule has 5 rings (SSSR count). The number of carbonyl (C=O) groups is 3. The van der Waals surface area contributed by atoms with Crippen molar-refractivity contribution < 1.29 is 32.6 Å². The third kappa shape index (κ3) is 7.36. The van der Waals surface area contributed by atoms with E-state index in [9.17, 15) is 23.2 Å². The molecule has 2 aromatic rings. The first kappa shape index (κ1) is 32.5. The second-order valence-corrected chi connectivity index (χ2v) is 10.6. The summed E-state index contributed by atoms with van der Waals surface area (Å²) in [4.78, 5) is 49.0. The van der Waals surface area contributed by atoms with Gasteiger partial charge in [-0.05, 0) is 36.7 Å². The highest BCUT2D eigenvalue weighted by molar-refractivity contribution is 8.14. The van der Waals surface area contributed by atoms with Crippen molar-refractivity contribution in [2.45, 2.75) is 44.9 Å². The molecule has 2 aliphatic heterocycles. The van der Waals surface area contributed by atoms with Gasteiger partial charge in [0.25, 0.3) is 12.3 Å². The highest BCUT2D eigenvalue weighted by atomic mass is 32.2. The number of rotatable bonds is 5. The summed E-state index contributed by atoms with van der Waals surface area (Å²) in [5.41, 5.74) is 2.71. The van der Waals surface area contributed by atoms with Crippen molar-refractivity contribution in [1.82, 2.24) is 25.6 Å². The number of nitrogens with zero attached hydrogens (tertiary/aromatic N) is 5. The molecule has 0 aromatic carbocycles. The number of anilines is 1. The smallest absolute Gasteiger partial charge is 0.410 e. The molecule has 1 unspecified atom stereocenters. The molecule has 3 amide bonds. The Kier molecular flexibility index (Phi) is 10.9. The van der Waals surface area contributed by atoms with Gasteiger partial charge in [-0.2, -0.15) is 5.10 Å². The van der Waals surface area contributed by atoms with Crippen LogP contribution in [0.15, 0.2) is 29.6 Å². The Bertz CT molecular complexity index is 1490. The average Bonchev–Trinajstić information content (AvgIpc) is 3.47. The van der Waals surface area contributed by atoms with Gasteiger partial charge in [-0.25, -0.2) is 18.6 Å². The lowest BCUT2D eigenvalue weighted by atomic mass is 9.86. The molecular formula is C29H33F2N7O5S. The minimum atomic E-state index is -2.88. The summed E-state index contributed by atoms with van der Waals surface area (Å²) in [5, 5.41) is 6.84. The molecule has 2 aromatic heterocycles. The lowest BCUT2D eigenvalue weighted by Gasteiger charge is -2.33. The number of thioether (sulfide) groups is 1. The van der Waals surface area contributed by atoms with Gasteiger partial charge in [0.2, 0.25) is 5.91 Å². The molecule has 1 atom stereocenters. The van der Waals surface area contributed by atoms with Gasteiger partial charge in [0, 0.05) is 36.3 Å². The molecule has 0 spiro atoms. The van der Waals surface area contributed by atoms with Gasteiger partial charge in [0.05, 0.1) is 26.0 Å². The average molecular weight is 630 g/mol. The van der Waals surface area contributed by atoms with E-state index in [1.165, 1.54) is 54.5 Å². The molecule has 44 heavy (non-hydrogen) atoms. The lowest BCUT2D eigenvalue weighted by molar-refractivity contribution is -0.120. The molecule has 12 nitrogen and oxygen atoms in total. The summed E-state index contributed by atoms with van der Waals surface area (Å²) in [7, 11) is 2.57. The Hall–Kier alpha value is -4.45. The van der Waals surface area contributed by atoms with Crippen LogP contribution >= 0.6 is 11.8 Å². The molecule has 2 fully saturated rings. The minimum Gasteiger partial charge on any atom is -0.494 e. The Morgan fingerprint density at radius 1 is 1.11 bits per heavy atom. The molecule has 2 N–H and O–H groups in total. The number of amidine groups is 1. The maximum atomic E-state index is 13.6. The number of piperazine rings is 1. The molecule has 0 bridgehead atoms. The van der Waals surface area contributed by atoms with Crippen LogP contribution in [0, 0.1) is 17.8 Å². The van der Waals surface area contributed by atoms with Crippen LogP contribution in [0.2, 0.25) is 0 Å². The minimum absolute atomic E-state index is 0.0245. The highest BCUT2D eigenvalue weighted by Crippen LogP contribution is 2.36. The monoisotopic (exact) mass is 629 g/mol. The molecular weight excluding hydrogens is 596 g/mol. The van der Waals surface area contributed by atoms with Crippen LogP contribution in [0.3, 0.4) is 0 Å². The largest absolute Gasteiger partial charge is 0.494 e. The van der Waals surface area contributed by atoms with E-state index in [1.807, 2.05) is 13.8 Å². The van der Waals surface area contributed by atoms with Gasteiger partial charge in [-0.15, -0.1) is 0 Å². The van der Waals surface area contributed by atoms with Crippen molar-refractivity contribution in [3.63, 3.8) is 0 Å². The maximum Gasteiger partial charge on any atom is 0.410 e. The molecule has 4 heterocycles. The summed E-state index contributed by atoms with van der Waals surface area (Å²) < 4.78 is 37.3. The number of halogens is 2. The first-order chi connectivity index (χ1) is 21.3. The number of hydrogen-bond acceptors (Lipinski definition) is 10. The molecule has 1 saturated heterocycles. The van der Waals surface area contributed by atoms with E-state index < -0.39 is 30.0 Å². The van der Waals surface area contributed by atoms with Crippen LogP contribution in [0.5, 0.6) is 5.75 Å². The molecule has 0 radical (unpaired) electrons. The topological polar surface area (TPSA) is 138 Å². The van der Waals surface area contributed by atoms with Crippen LogP contribution in [-0.2, 0) is 9.53 Å². The number of methoxy groups -OCH3 is 2. The summed E-state index contributed by atoms with van der Waals surface area (Å²) in [6, 6.07) is 2.58. The molecule has 15 heteroatoms. The quantitative estimate of drug-likeness (QED) is 0.470. The van der Waals surface area contributed by atoms with Gasteiger partial charge >= 0.3 is 6.09 Å². The van der Waals surface area contributed by atoms with Crippen molar-refractivity contribution in [2.24, 2.45) is 11.0 Å². The van der Waals surface area contributed by atoms with E-state index in [2.05, 4.69) is 37.7 Å². The third-order valence-electron chi connectivity index (χ3n) is 6.94. The third-order valence-corrected chi connectivity index (χ3v) is 7.82. The summed E-state index contributed by atoms with van der Waals surface area (Å²) >= 11 is 1.24. The SMILES string of the molecule is CC.COC(=O)N1CCN(c2cc(-c3cc(C(F)F)ncc3OC)c(C(=O)NC3=NNC(C#CC4CCC4)S3)cn2)C(=O)C1. The van der Waals surface area contributed by atoms with Gasteiger partial charge in [-0.1, -0.05) is 32.1 Å². The number of hydrogen-bond donors (Lipinski definition) is 2. The zero-order valence-electron chi connectivity index (χ0n) is 24.7. The van der Waals surface area contributed by atoms with Crippen LogP contribution in [-0.4, -0.2) is 77.2 Å². The molecule has 1 saturated carbocycles.